The number of hydrogen-bond acceptors (Lipinski definition) is 5. The molecule has 2 fully saturated rings. The van der Waals surface area contributed by atoms with Gasteiger partial charge in [-0.1, -0.05) is 19.9 Å². The number of amides is 1. The van der Waals surface area contributed by atoms with E-state index in [-0.39, 0.29) is 5.91 Å². The highest BCUT2D eigenvalue weighted by molar-refractivity contribution is 5.95. The molecule has 0 bridgehead atoms. The van der Waals surface area contributed by atoms with Crippen molar-refractivity contribution < 1.29 is 14.3 Å². The maximum Gasteiger partial charge on any atom is 0.251 e. The van der Waals surface area contributed by atoms with E-state index < -0.39 is 0 Å². The number of rotatable bonds is 6. The minimum atomic E-state index is 0.00317. The van der Waals surface area contributed by atoms with Crippen molar-refractivity contribution in [3.8, 4) is 0 Å². The molecule has 150 valence electrons. The van der Waals surface area contributed by atoms with Crippen LogP contribution in [-0.2, 0) is 9.47 Å². The smallest absolute Gasteiger partial charge is 0.251 e. The van der Waals surface area contributed by atoms with Crippen LogP contribution in [0, 0.1) is 12.8 Å². The van der Waals surface area contributed by atoms with Gasteiger partial charge in [-0.15, -0.1) is 0 Å². The first-order chi connectivity index (χ1) is 13.1. The minimum Gasteiger partial charge on any atom is -0.379 e. The number of carbonyl (C=O) groups is 1. The summed E-state index contributed by atoms with van der Waals surface area (Å²) in [6.07, 6.45) is 0. The van der Waals surface area contributed by atoms with E-state index in [1.807, 2.05) is 18.2 Å². The first-order valence-corrected chi connectivity index (χ1v) is 10.1. The fourth-order valence-electron chi connectivity index (χ4n) is 3.89. The maximum absolute atomic E-state index is 12.8. The van der Waals surface area contributed by atoms with Crippen LogP contribution in [0.3, 0.4) is 0 Å². The molecule has 0 aliphatic carbocycles. The minimum absolute atomic E-state index is 0.00317. The van der Waals surface area contributed by atoms with Crippen LogP contribution in [0.5, 0.6) is 0 Å². The Kier molecular flexibility index (Phi) is 7.10. The van der Waals surface area contributed by atoms with Gasteiger partial charge in [-0.25, -0.2) is 0 Å². The molecule has 2 saturated heterocycles. The number of benzene rings is 1. The Morgan fingerprint density at radius 3 is 2.33 bits per heavy atom. The van der Waals surface area contributed by atoms with Crippen LogP contribution in [0.1, 0.15) is 29.8 Å². The highest BCUT2D eigenvalue weighted by Gasteiger charge is 2.24. The molecule has 3 rings (SSSR count). The molecule has 1 aromatic carbocycles. The van der Waals surface area contributed by atoms with E-state index in [4.69, 9.17) is 9.47 Å². The number of nitrogens with zero attached hydrogens (tertiary/aromatic N) is 2. The highest BCUT2D eigenvalue weighted by Crippen LogP contribution is 2.23. The van der Waals surface area contributed by atoms with Crippen molar-refractivity contribution in [2.24, 2.45) is 5.92 Å². The Morgan fingerprint density at radius 2 is 1.70 bits per heavy atom. The summed E-state index contributed by atoms with van der Waals surface area (Å²) in [7, 11) is 0. The van der Waals surface area contributed by atoms with Crippen LogP contribution >= 0.6 is 0 Å². The first-order valence-electron chi connectivity index (χ1n) is 10.1. The summed E-state index contributed by atoms with van der Waals surface area (Å²) in [6, 6.07) is 6.33. The normalized spacial score (nSPS) is 19.9. The van der Waals surface area contributed by atoms with Gasteiger partial charge in [0.05, 0.1) is 26.4 Å². The molecule has 0 unspecified atom stereocenters. The number of aryl methyl sites for hydroxylation is 1. The Bertz CT molecular complexity index is 623. The number of ether oxygens (including phenoxy) is 2. The van der Waals surface area contributed by atoms with Crippen molar-refractivity contribution in [2.75, 3.05) is 64.1 Å². The molecule has 0 aromatic heterocycles. The van der Waals surface area contributed by atoms with Crippen molar-refractivity contribution in [1.82, 2.24) is 10.2 Å². The Morgan fingerprint density at radius 1 is 1.07 bits per heavy atom. The zero-order valence-corrected chi connectivity index (χ0v) is 16.9. The van der Waals surface area contributed by atoms with Crippen LogP contribution in [0.4, 0.5) is 5.69 Å². The van der Waals surface area contributed by atoms with Gasteiger partial charge in [0.25, 0.3) is 5.91 Å². The average Bonchev–Trinajstić information content (AvgIpc) is 2.69. The molecule has 2 aliphatic rings. The van der Waals surface area contributed by atoms with E-state index in [0.717, 1.165) is 63.9 Å². The van der Waals surface area contributed by atoms with Gasteiger partial charge in [-0.05, 0) is 30.5 Å². The molecule has 1 aromatic rings. The predicted octanol–water partition coefficient (Wildman–Crippen LogP) is 1.92. The fraction of sp³-hybridized carbons (Fsp3) is 0.667. The third kappa shape index (κ3) is 5.21. The molecule has 0 spiro atoms. The molecule has 1 N–H and O–H groups in total. The second kappa shape index (κ2) is 9.53. The number of nitrogens with one attached hydrogen (secondary N) is 1. The molecule has 2 aliphatic heterocycles. The van der Waals surface area contributed by atoms with Crippen molar-refractivity contribution >= 4 is 11.6 Å². The zero-order chi connectivity index (χ0) is 19.2. The Labute approximate surface area is 162 Å². The average molecular weight is 376 g/mol. The van der Waals surface area contributed by atoms with Gasteiger partial charge in [0.2, 0.25) is 0 Å². The fourth-order valence-corrected chi connectivity index (χ4v) is 3.89. The van der Waals surface area contributed by atoms with Crippen LogP contribution < -0.4 is 10.2 Å². The van der Waals surface area contributed by atoms with Gasteiger partial charge < -0.3 is 19.7 Å². The number of carbonyl (C=O) groups excluding carboxylic acids is 1. The van der Waals surface area contributed by atoms with E-state index in [2.05, 4.69) is 35.9 Å². The summed E-state index contributed by atoms with van der Waals surface area (Å²) in [4.78, 5) is 17.5. The summed E-state index contributed by atoms with van der Waals surface area (Å²) in [6.45, 7) is 13.8. The lowest BCUT2D eigenvalue weighted by Gasteiger charge is -2.37. The quantitative estimate of drug-likeness (QED) is 0.823. The van der Waals surface area contributed by atoms with Gasteiger partial charge in [0, 0.05) is 50.0 Å². The van der Waals surface area contributed by atoms with E-state index in [9.17, 15) is 4.79 Å². The largest absolute Gasteiger partial charge is 0.379 e. The number of hydrogen-bond donors (Lipinski definition) is 1. The molecule has 27 heavy (non-hydrogen) atoms. The first kappa shape index (κ1) is 20.1. The van der Waals surface area contributed by atoms with Gasteiger partial charge >= 0.3 is 0 Å². The van der Waals surface area contributed by atoms with Gasteiger partial charge in [0.15, 0.2) is 0 Å². The maximum atomic E-state index is 12.8. The lowest BCUT2D eigenvalue weighted by molar-refractivity contribution is 0.00673. The molecule has 1 atom stereocenters. The molecule has 2 heterocycles. The van der Waals surface area contributed by atoms with Gasteiger partial charge in [-0.3, -0.25) is 9.69 Å². The Hall–Kier alpha value is -1.63. The number of morpholine rings is 2. The van der Waals surface area contributed by atoms with Gasteiger partial charge in [-0.2, -0.15) is 0 Å². The Balaban J connectivity index is 1.64. The van der Waals surface area contributed by atoms with Crippen molar-refractivity contribution in [1.29, 1.82) is 0 Å². The summed E-state index contributed by atoms with van der Waals surface area (Å²) < 4.78 is 10.9. The van der Waals surface area contributed by atoms with Crippen LogP contribution in [0.25, 0.3) is 0 Å². The summed E-state index contributed by atoms with van der Waals surface area (Å²) >= 11 is 0. The standard InChI is InChI=1S/C21H33N3O3/c1-16(2)20(24-8-12-27-13-9-24)15-22-21(25)18-5-4-17(3)19(14-18)23-6-10-26-11-7-23/h4-5,14,16,20H,6-13,15H2,1-3H3,(H,22,25)/t20-/m0/s1. The summed E-state index contributed by atoms with van der Waals surface area (Å²) in [5.41, 5.74) is 3.06. The molecule has 1 amide bonds. The van der Waals surface area contributed by atoms with Crippen LogP contribution in [0.15, 0.2) is 18.2 Å². The molecular weight excluding hydrogens is 342 g/mol. The van der Waals surface area contributed by atoms with E-state index in [1.165, 1.54) is 5.56 Å². The van der Waals surface area contributed by atoms with Crippen molar-refractivity contribution in [3.63, 3.8) is 0 Å². The lowest BCUT2D eigenvalue weighted by Crippen LogP contribution is -2.51. The predicted molar refractivity (Wildman–Crippen MR) is 108 cm³/mol. The third-order valence-electron chi connectivity index (χ3n) is 5.58. The lowest BCUT2D eigenvalue weighted by atomic mass is 10.0. The van der Waals surface area contributed by atoms with Crippen molar-refractivity contribution in [3.05, 3.63) is 29.3 Å². The SMILES string of the molecule is Cc1ccc(C(=O)NC[C@@H](C(C)C)N2CCOCC2)cc1N1CCOCC1. The van der Waals surface area contributed by atoms with Gasteiger partial charge in [0.1, 0.15) is 0 Å². The van der Waals surface area contributed by atoms with Crippen LogP contribution in [-0.4, -0.2) is 76.0 Å². The molecule has 6 heteroatoms. The van der Waals surface area contributed by atoms with Crippen LogP contribution in [0.2, 0.25) is 0 Å². The molecule has 0 radical (unpaired) electrons. The summed E-state index contributed by atoms with van der Waals surface area (Å²) in [5.74, 6) is 0.480. The molecule has 6 nitrogen and oxygen atoms in total. The summed E-state index contributed by atoms with van der Waals surface area (Å²) in [5, 5.41) is 3.16. The topological polar surface area (TPSA) is 54.0 Å². The van der Waals surface area contributed by atoms with Crippen molar-refractivity contribution in [2.45, 2.75) is 26.8 Å². The number of anilines is 1. The van der Waals surface area contributed by atoms with E-state index >= 15 is 0 Å². The van der Waals surface area contributed by atoms with E-state index in [0.29, 0.717) is 18.5 Å². The highest BCUT2D eigenvalue weighted by atomic mass is 16.5. The second-order valence-electron chi connectivity index (χ2n) is 7.77. The zero-order valence-electron chi connectivity index (χ0n) is 16.9. The molecular formula is C21H33N3O3. The second-order valence-corrected chi connectivity index (χ2v) is 7.77. The molecule has 0 saturated carbocycles. The van der Waals surface area contributed by atoms with E-state index in [1.54, 1.807) is 0 Å². The monoisotopic (exact) mass is 375 g/mol. The third-order valence-corrected chi connectivity index (χ3v) is 5.58.